The summed E-state index contributed by atoms with van der Waals surface area (Å²) in [5.41, 5.74) is 1.08. The van der Waals surface area contributed by atoms with Crippen molar-refractivity contribution in [3.63, 3.8) is 0 Å². The van der Waals surface area contributed by atoms with Crippen LogP contribution in [0.4, 0.5) is 4.39 Å². The molecule has 0 amide bonds. The molecule has 1 N–H and O–H groups in total. The lowest BCUT2D eigenvalue weighted by atomic mass is 10.2. The number of aromatic amines is 1. The second-order valence-electron chi connectivity index (χ2n) is 2.33. The topological polar surface area (TPSA) is 52.5 Å². The van der Waals surface area contributed by atoms with Crippen molar-refractivity contribution in [1.82, 2.24) is 9.97 Å². The second-order valence-corrected chi connectivity index (χ2v) is 2.33. The first-order valence-corrected chi connectivity index (χ1v) is 3.34. The number of nitrogens with zero attached hydrogens (tertiary/aromatic N) is 2. The molecule has 0 atom stereocenters. The molecule has 2 aromatic rings. The van der Waals surface area contributed by atoms with Gasteiger partial charge in [0.15, 0.2) is 5.82 Å². The van der Waals surface area contributed by atoms with Crippen LogP contribution in [0.3, 0.4) is 0 Å². The molecule has 3 nitrogen and oxygen atoms in total. The largest absolute Gasteiger partial charge is 0.356 e. The van der Waals surface area contributed by atoms with Gasteiger partial charge in [-0.25, -0.2) is 4.39 Å². The summed E-state index contributed by atoms with van der Waals surface area (Å²) in [6.07, 6.45) is 2.61. The molecule has 4 heteroatoms. The molecule has 0 unspecified atom stereocenters. The van der Waals surface area contributed by atoms with E-state index in [4.69, 9.17) is 5.26 Å². The third-order valence-electron chi connectivity index (χ3n) is 1.64. The Balaban J connectivity index is 2.92. The van der Waals surface area contributed by atoms with Gasteiger partial charge in [-0.1, -0.05) is 0 Å². The van der Waals surface area contributed by atoms with Crippen molar-refractivity contribution in [3.8, 4) is 6.07 Å². The number of nitriles is 1. The fourth-order valence-corrected chi connectivity index (χ4v) is 1.09. The second kappa shape index (κ2) is 2.31. The zero-order valence-corrected chi connectivity index (χ0v) is 6.00. The summed E-state index contributed by atoms with van der Waals surface area (Å²) in [6, 6.07) is 3.49. The lowest BCUT2D eigenvalue weighted by Gasteiger charge is -1.89. The number of fused-ring (bicyclic) bond motifs is 1. The van der Waals surface area contributed by atoms with E-state index in [0.717, 1.165) is 0 Å². The van der Waals surface area contributed by atoms with Crippen molar-refractivity contribution in [2.45, 2.75) is 0 Å². The van der Waals surface area contributed by atoms with Gasteiger partial charge in [0.05, 0.1) is 11.1 Å². The summed E-state index contributed by atoms with van der Waals surface area (Å²) in [5.74, 6) is -0.429. The molecular weight excluding hydrogens is 157 g/mol. The highest BCUT2D eigenvalue weighted by atomic mass is 19.1. The van der Waals surface area contributed by atoms with Gasteiger partial charge in [-0.3, -0.25) is 4.98 Å². The molecular formula is C8H4FN3. The van der Waals surface area contributed by atoms with Gasteiger partial charge >= 0.3 is 0 Å². The predicted octanol–water partition coefficient (Wildman–Crippen LogP) is 1.57. The first-order chi connectivity index (χ1) is 5.83. The van der Waals surface area contributed by atoms with Crippen LogP contribution in [0.15, 0.2) is 18.5 Å². The molecule has 2 heterocycles. The first kappa shape index (κ1) is 6.80. The van der Waals surface area contributed by atoms with Crippen molar-refractivity contribution >= 4 is 11.0 Å². The Morgan fingerprint density at radius 3 is 3.17 bits per heavy atom. The molecule has 2 rings (SSSR count). The molecule has 0 aromatic carbocycles. The lowest BCUT2D eigenvalue weighted by Crippen LogP contribution is -1.81. The van der Waals surface area contributed by atoms with Gasteiger partial charge in [0, 0.05) is 12.4 Å². The van der Waals surface area contributed by atoms with E-state index in [1.807, 2.05) is 6.07 Å². The molecule has 0 fully saturated rings. The summed E-state index contributed by atoms with van der Waals surface area (Å²) in [5, 5.41) is 8.62. The van der Waals surface area contributed by atoms with Gasteiger partial charge in [0.1, 0.15) is 11.6 Å². The van der Waals surface area contributed by atoms with Crippen molar-refractivity contribution in [3.05, 3.63) is 29.8 Å². The maximum absolute atomic E-state index is 12.9. The molecule has 0 saturated heterocycles. The molecule has 0 spiro atoms. The highest BCUT2D eigenvalue weighted by molar-refractivity contribution is 5.81. The molecule has 12 heavy (non-hydrogen) atoms. The SMILES string of the molecule is N#Cc1ccnc2c(F)c[nH]c12. The van der Waals surface area contributed by atoms with Gasteiger partial charge < -0.3 is 4.98 Å². The van der Waals surface area contributed by atoms with Crippen LogP contribution in [-0.4, -0.2) is 9.97 Å². The van der Waals surface area contributed by atoms with Gasteiger partial charge in [0.25, 0.3) is 0 Å². The van der Waals surface area contributed by atoms with Crippen molar-refractivity contribution in [2.75, 3.05) is 0 Å². The number of hydrogen-bond acceptors (Lipinski definition) is 2. The van der Waals surface area contributed by atoms with Crippen LogP contribution < -0.4 is 0 Å². The summed E-state index contributed by atoms with van der Waals surface area (Å²) < 4.78 is 12.9. The van der Waals surface area contributed by atoms with Crippen LogP contribution in [0.1, 0.15) is 5.56 Å². The molecule has 0 aliphatic rings. The van der Waals surface area contributed by atoms with Crippen LogP contribution in [0.2, 0.25) is 0 Å². The average molecular weight is 161 g/mol. The van der Waals surface area contributed by atoms with E-state index >= 15 is 0 Å². The minimum Gasteiger partial charge on any atom is -0.356 e. The third-order valence-corrected chi connectivity index (χ3v) is 1.64. The van der Waals surface area contributed by atoms with E-state index in [-0.39, 0.29) is 5.52 Å². The van der Waals surface area contributed by atoms with E-state index < -0.39 is 5.82 Å². The van der Waals surface area contributed by atoms with E-state index in [1.54, 1.807) is 0 Å². The van der Waals surface area contributed by atoms with Crippen LogP contribution in [-0.2, 0) is 0 Å². The Bertz CT molecular complexity index is 467. The highest BCUT2D eigenvalue weighted by Crippen LogP contribution is 2.16. The van der Waals surface area contributed by atoms with Crippen molar-refractivity contribution < 1.29 is 4.39 Å². The first-order valence-electron chi connectivity index (χ1n) is 3.34. The van der Waals surface area contributed by atoms with E-state index in [2.05, 4.69) is 9.97 Å². The molecule has 0 radical (unpaired) electrons. The Morgan fingerprint density at radius 1 is 1.58 bits per heavy atom. The smallest absolute Gasteiger partial charge is 0.166 e. The van der Waals surface area contributed by atoms with E-state index in [0.29, 0.717) is 11.1 Å². The predicted molar refractivity (Wildman–Crippen MR) is 40.8 cm³/mol. The average Bonchev–Trinajstić information content (AvgIpc) is 2.48. The Hall–Kier alpha value is -1.89. The third kappa shape index (κ3) is 0.768. The van der Waals surface area contributed by atoms with E-state index in [1.165, 1.54) is 18.5 Å². The molecule has 58 valence electrons. The quantitative estimate of drug-likeness (QED) is 0.637. The minimum atomic E-state index is -0.429. The fraction of sp³-hybridized carbons (Fsp3) is 0. The zero-order valence-electron chi connectivity index (χ0n) is 6.00. The Labute approximate surface area is 67.5 Å². The zero-order chi connectivity index (χ0) is 8.55. The highest BCUT2D eigenvalue weighted by Gasteiger charge is 2.06. The fourth-order valence-electron chi connectivity index (χ4n) is 1.09. The van der Waals surface area contributed by atoms with Gasteiger partial charge in [0.2, 0.25) is 0 Å². The van der Waals surface area contributed by atoms with Crippen LogP contribution in [0.5, 0.6) is 0 Å². The van der Waals surface area contributed by atoms with Gasteiger partial charge in [-0.05, 0) is 6.07 Å². The van der Waals surface area contributed by atoms with Crippen molar-refractivity contribution in [1.29, 1.82) is 5.26 Å². The summed E-state index contributed by atoms with van der Waals surface area (Å²) in [7, 11) is 0. The van der Waals surface area contributed by atoms with Crippen LogP contribution in [0.25, 0.3) is 11.0 Å². The minimum absolute atomic E-state index is 0.217. The number of hydrogen-bond donors (Lipinski definition) is 1. The number of halogens is 1. The number of nitrogens with one attached hydrogen (secondary N) is 1. The number of pyridine rings is 1. The van der Waals surface area contributed by atoms with Crippen LogP contribution >= 0.6 is 0 Å². The van der Waals surface area contributed by atoms with Crippen molar-refractivity contribution in [2.24, 2.45) is 0 Å². The Kier molecular flexibility index (Phi) is 1.31. The monoisotopic (exact) mass is 161 g/mol. The lowest BCUT2D eigenvalue weighted by molar-refractivity contribution is 0.637. The molecule has 0 aliphatic carbocycles. The summed E-state index contributed by atoms with van der Waals surface area (Å²) >= 11 is 0. The molecule has 2 aromatic heterocycles. The number of rotatable bonds is 0. The molecule has 0 bridgehead atoms. The summed E-state index contributed by atoms with van der Waals surface area (Å²) in [6.45, 7) is 0. The van der Waals surface area contributed by atoms with Gasteiger partial charge in [-0.2, -0.15) is 5.26 Å². The standard InChI is InChI=1S/C8H4FN3/c9-6-4-12-7-5(3-10)1-2-11-8(6)7/h1-2,4,12H. The Morgan fingerprint density at radius 2 is 2.42 bits per heavy atom. The molecule has 0 saturated carbocycles. The van der Waals surface area contributed by atoms with Gasteiger partial charge in [-0.15, -0.1) is 0 Å². The number of aromatic nitrogens is 2. The number of H-pyrrole nitrogens is 1. The molecule has 0 aliphatic heterocycles. The van der Waals surface area contributed by atoms with E-state index in [9.17, 15) is 4.39 Å². The maximum Gasteiger partial charge on any atom is 0.166 e. The maximum atomic E-state index is 12.9. The summed E-state index contributed by atoms with van der Waals surface area (Å²) in [4.78, 5) is 6.44. The van der Waals surface area contributed by atoms with Crippen LogP contribution in [0, 0.1) is 17.1 Å². The normalized spacial score (nSPS) is 10.0.